The molecule has 0 atom stereocenters. The predicted octanol–water partition coefficient (Wildman–Crippen LogP) is 3.08. The lowest BCUT2D eigenvalue weighted by molar-refractivity contribution is 0.115. The standard InChI is InChI=1S/C20H28N4O2/c1-15-4-8-17(9-5-15)19-23-18(14-26-19)12-22-20(21-2)24(3)10-11-25-13-16-6-7-16/h4-5,8-9,14,16H,6-7,10-13H2,1-3H3,(H,21,22). The Labute approximate surface area is 155 Å². The molecule has 1 aliphatic carbocycles. The number of hydrogen-bond acceptors (Lipinski definition) is 4. The summed E-state index contributed by atoms with van der Waals surface area (Å²) >= 11 is 0. The van der Waals surface area contributed by atoms with Gasteiger partial charge in [0.15, 0.2) is 5.96 Å². The summed E-state index contributed by atoms with van der Waals surface area (Å²) in [7, 11) is 3.79. The van der Waals surface area contributed by atoms with Crippen molar-refractivity contribution >= 4 is 5.96 Å². The van der Waals surface area contributed by atoms with Gasteiger partial charge in [-0.05, 0) is 37.8 Å². The predicted molar refractivity (Wildman–Crippen MR) is 103 cm³/mol. The number of aromatic nitrogens is 1. The van der Waals surface area contributed by atoms with Crippen molar-refractivity contribution in [1.29, 1.82) is 0 Å². The number of likely N-dealkylation sites (N-methyl/N-ethyl adjacent to an activating group) is 1. The van der Waals surface area contributed by atoms with Gasteiger partial charge in [-0.1, -0.05) is 17.7 Å². The van der Waals surface area contributed by atoms with E-state index < -0.39 is 0 Å². The molecule has 140 valence electrons. The normalized spacial score (nSPS) is 14.5. The molecule has 26 heavy (non-hydrogen) atoms. The number of benzene rings is 1. The number of rotatable bonds is 8. The molecule has 2 aromatic rings. The van der Waals surface area contributed by atoms with Crippen LogP contribution in [0.15, 0.2) is 39.9 Å². The number of guanidine groups is 1. The summed E-state index contributed by atoms with van der Waals surface area (Å²) in [4.78, 5) is 10.9. The lowest BCUT2D eigenvalue weighted by Crippen LogP contribution is -2.40. The highest BCUT2D eigenvalue weighted by Gasteiger charge is 2.21. The van der Waals surface area contributed by atoms with Crippen molar-refractivity contribution < 1.29 is 9.15 Å². The van der Waals surface area contributed by atoms with Gasteiger partial charge in [0.1, 0.15) is 6.26 Å². The average Bonchev–Trinajstić information content (AvgIpc) is 3.36. The zero-order valence-electron chi connectivity index (χ0n) is 15.9. The average molecular weight is 356 g/mol. The van der Waals surface area contributed by atoms with E-state index in [1.807, 2.05) is 19.2 Å². The number of hydrogen-bond donors (Lipinski definition) is 1. The number of nitrogens with one attached hydrogen (secondary N) is 1. The molecule has 1 aromatic carbocycles. The first-order chi connectivity index (χ1) is 12.7. The van der Waals surface area contributed by atoms with Crippen molar-refractivity contribution in [3.05, 3.63) is 41.8 Å². The molecule has 6 heteroatoms. The van der Waals surface area contributed by atoms with Crippen LogP contribution in [0.1, 0.15) is 24.1 Å². The second kappa shape index (κ2) is 8.85. The molecule has 0 unspecified atom stereocenters. The summed E-state index contributed by atoms with van der Waals surface area (Å²) in [5, 5.41) is 3.32. The monoisotopic (exact) mass is 356 g/mol. The summed E-state index contributed by atoms with van der Waals surface area (Å²) in [5.41, 5.74) is 3.05. The van der Waals surface area contributed by atoms with Gasteiger partial charge in [-0.3, -0.25) is 4.99 Å². The van der Waals surface area contributed by atoms with Gasteiger partial charge in [0.2, 0.25) is 5.89 Å². The molecule has 0 aliphatic heterocycles. The zero-order chi connectivity index (χ0) is 18.4. The number of oxazole rings is 1. The van der Waals surface area contributed by atoms with Crippen molar-refractivity contribution in [3.8, 4) is 11.5 Å². The molecule has 0 amide bonds. The van der Waals surface area contributed by atoms with Crippen molar-refractivity contribution in [2.45, 2.75) is 26.3 Å². The van der Waals surface area contributed by atoms with Crippen LogP contribution in [0.25, 0.3) is 11.5 Å². The second-order valence-electron chi connectivity index (χ2n) is 6.85. The maximum absolute atomic E-state index is 5.69. The minimum atomic E-state index is 0.565. The van der Waals surface area contributed by atoms with Gasteiger partial charge in [-0.25, -0.2) is 4.98 Å². The fourth-order valence-corrected chi connectivity index (χ4v) is 2.61. The van der Waals surface area contributed by atoms with Crippen LogP contribution in [-0.4, -0.2) is 49.7 Å². The van der Waals surface area contributed by atoms with Gasteiger partial charge >= 0.3 is 0 Å². The Morgan fingerprint density at radius 1 is 1.35 bits per heavy atom. The fraction of sp³-hybridized carbons (Fsp3) is 0.500. The molecular formula is C20H28N4O2. The van der Waals surface area contributed by atoms with E-state index in [-0.39, 0.29) is 0 Å². The molecule has 1 N–H and O–H groups in total. The van der Waals surface area contributed by atoms with Crippen LogP contribution in [0, 0.1) is 12.8 Å². The van der Waals surface area contributed by atoms with Crippen LogP contribution >= 0.6 is 0 Å². The summed E-state index contributed by atoms with van der Waals surface area (Å²) < 4.78 is 11.3. The topological polar surface area (TPSA) is 62.9 Å². The Hall–Kier alpha value is -2.34. The Kier molecular flexibility index (Phi) is 6.28. The third kappa shape index (κ3) is 5.33. The summed E-state index contributed by atoms with van der Waals surface area (Å²) in [6.45, 7) is 5.04. The Bertz CT molecular complexity index is 720. The molecule has 0 spiro atoms. The molecule has 1 heterocycles. The molecule has 6 nitrogen and oxygen atoms in total. The van der Waals surface area contributed by atoms with Gasteiger partial charge in [0.05, 0.1) is 18.8 Å². The second-order valence-corrected chi connectivity index (χ2v) is 6.85. The lowest BCUT2D eigenvalue weighted by Gasteiger charge is -2.21. The largest absolute Gasteiger partial charge is 0.444 e. The van der Waals surface area contributed by atoms with Crippen molar-refractivity contribution in [2.75, 3.05) is 33.9 Å². The smallest absolute Gasteiger partial charge is 0.226 e. The highest BCUT2D eigenvalue weighted by molar-refractivity contribution is 5.79. The SMILES string of the molecule is CN=C(NCc1coc(-c2ccc(C)cc2)n1)N(C)CCOCC1CC1. The van der Waals surface area contributed by atoms with Gasteiger partial charge in [0, 0.05) is 32.8 Å². The van der Waals surface area contributed by atoms with Crippen molar-refractivity contribution in [1.82, 2.24) is 15.2 Å². The summed E-state index contributed by atoms with van der Waals surface area (Å²) in [5.74, 6) is 2.26. The molecule has 1 fully saturated rings. The number of aryl methyl sites for hydroxylation is 1. The zero-order valence-corrected chi connectivity index (χ0v) is 15.9. The van der Waals surface area contributed by atoms with E-state index in [0.717, 1.165) is 42.9 Å². The quantitative estimate of drug-likeness (QED) is 0.447. The third-order valence-electron chi connectivity index (χ3n) is 4.47. The molecule has 0 radical (unpaired) electrons. The first-order valence-corrected chi connectivity index (χ1v) is 9.16. The fourth-order valence-electron chi connectivity index (χ4n) is 2.61. The highest BCUT2D eigenvalue weighted by Crippen LogP contribution is 2.28. The van der Waals surface area contributed by atoms with Crippen LogP contribution < -0.4 is 5.32 Å². The molecule has 1 aliphatic rings. The highest BCUT2D eigenvalue weighted by atomic mass is 16.5. The van der Waals surface area contributed by atoms with Crippen molar-refractivity contribution in [3.63, 3.8) is 0 Å². The first-order valence-electron chi connectivity index (χ1n) is 9.16. The van der Waals surface area contributed by atoms with Crippen LogP contribution in [0.2, 0.25) is 0 Å². The van der Waals surface area contributed by atoms with Crippen LogP contribution in [0.4, 0.5) is 0 Å². The van der Waals surface area contributed by atoms with Gasteiger partial charge in [0.25, 0.3) is 0 Å². The Morgan fingerprint density at radius 3 is 2.81 bits per heavy atom. The minimum absolute atomic E-state index is 0.565. The number of aliphatic imine (C=N–C) groups is 1. The van der Waals surface area contributed by atoms with E-state index in [4.69, 9.17) is 9.15 Å². The molecule has 3 rings (SSSR count). The lowest BCUT2D eigenvalue weighted by atomic mass is 10.1. The molecular weight excluding hydrogens is 328 g/mol. The van der Waals surface area contributed by atoms with E-state index in [2.05, 4.69) is 39.2 Å². The van der Waals surface area contributed by atoms with E-state index in [0.29, 0.717) is 12.4 Å². The molecule has 1 aromatic heterocycles. The van der Waals surface area contributed by atoms with Gasteiger partial charge in [-0.15, -0.1) is 0 Å². The minimum Gasteiger partial charge on any atom is -0.444 e. The molecule has 0 bridgehead atoms. The summed E-state index contributed by atoms with van der Waals surface area (Å²) in [6.07, 6.45) is 4.33. The summed E-state index contributed by atoms with van der Waals surface area (Å²) in [6, 6.07) is 8.15. The van der Waals surface area contributed by atoms with Crippen molar-refractivity contribution in [2.24, 2.45) is 10.9 Å². The van der Waals surface area contributed by atoms with E-state index >= 15 is 0 Å². The van der Waals surface area contributed by atoms with E-state index in [9.17, 15) is 0 Å². The molecule has 0 saturated heterocycles. The molecule has 1 saturated carbocycles. The Balaban J connectivity index is 1.46. The van der Waals surface area contributed by atoms with Crippen LogP contribution in [-0.2, 0) is 11.3 Å². The van der Waals surface area contributed by atoms with Gasteiger partial charge in [-0.2, -0.15) is 0 Å². The third-order valence-corrected chi connectivity index (χ3v) is 4.47. The van der Waals surface area contributed by atoms with Gasteiger partial charge < -0.3 is 19.4 Å². The maximum Gasteiger partial charge on any atom is 0.226 e. The number of nitrogens with zero attached hydrogens (tertiary/aromatic N) is 3. The first kappa shape index (κ1) is 18.5. The van der Waals surface area contributed by atoms with E-state index in [1.54, 1.807) is 13.3 Å². The maximum atomic E-state index is 5.69. The van der Waals surface area contributed by atoms with E-state index in [1.165, 1.54) is 18.4 Å². The van der Waals surface area contributed by atoms with Crippen LogP contribution in [0.3, 0.4) is 0 Å². The van der Waals surface area contributed by atoms with Crippen LogP contribution in [0.5, 0.6) is 0 Å². The number of ether oxygens (including phenoxy) is 1. The Morgan fingerprint density at radius 2 is 2.12 bits per heavy atom.